The van der Waals surface area contributed by atoms with Crippen molar-refractivity contribution in [2.24, 2.45) is 0 Å². The summed E-state index contributed by atoms with van der Waals surface area (Å²) in [4.78, 5) is 10.2. The van der Waals surface area contributed by atoms with Crippen LogP contribution in [0.3, 0.4) is 0 Å². The van der Waals surface area contributed by atoms with Crippen molar-refractivity contribution in [3.8, 4) is 0 Å². The summed E-state index contributed by atoms with van der Waals surface area (Å²) in [6, 6.07) is 7.70. The van der Waals surface area contributed by atoms with Crippen LogP contribution in [0.15, 0.2) is 34.7 Å². The van der Waals surface area contributed by atoms with Crippen molar-refractivity contribution in [1.82, 2.24) is 5.32 Å². The lowest BCUT2D eigenvalue weighted by Gasteiger charge is -2.18. The lowest BCUT2D eigenvalue weighted by atomic mass is 10.0. The van der Waals surface area contributed by atoms with Gasteiger partial charge in [-0.3, -0.25) is 10.1 Å². The SMILES string of the molecule is CCCNC(c1ccc([N+](=O)[O-])o1)c1ccc(Cl)cc1Cl. The quantitative estimate of drug-likeness (QED) is 0.622. The molecule has 112 valence electrons. The van der Waals surface area contributed by atoms with E-state index in [1.807, 2.05) is 6.92 Å². The Morgan fingerprint density at radius 3 is 2.67 bits per heavy atom. The second-order valence-corrected chi connectivity index (χ2v) is 5.33. The van der Waals surface area contributed by atoms with E-state index in [0.29, 0.717) is 15.8 Å². The van der Waals surface area contributed by atoms with E-state index in [0.717, 1.165) is 18.5 Å². The molecule has 0 bridgehead atoms. The summed E-state index contributed by atoms with van der Waals surface area (Å²) in [5.74, 6) is 0.151. The molecule has 1 N–H and O–H groups in total. The highest BCUT2D eigenvalue weighted by molar-refractivity contribution is 6.35. The molecule has 1 aromatic carbocycles. The van der Waals surface area contributed by atoms with E-state index in [1.165, 1.54) is 6.07 Å². The first-order chi connectivity index (χ1) is 10.0. The normalized spacial score (nSPS) is 12.3. The third-order valence-electron chi connectivity index (χ3n) is 2.95. The van der Waals surface area contributed by atoms with Crippen molar-refractivity contribution in [2.45, 2.75) is 19.4 Å². The van der Waals surface area contributed by atoms with Gasteiger partial charge in [-0.2, -0.15) is 0 Å². The summed E-state index contributed by atoms with van der Waals surface area (Å²) in [7, 11) is 0. The Balaban J connectivity index is 2.39. The van der Waals surface area contributed by atoms with Gasteiger partial charge in [0.05, 0.1) is 12.1 Å². The molecule has 2 rings (SSSR count). The molecule has 21 heavy (non-hydrogen) atoms. The summed E-state index contributed by atoms with van der Waals surface area (Å²) in [5.41, 5.74) is 0.763. The standard InChI is InChI=1S/C14H14Cl2N2O3/c1-2-7-17-14(10-4-3-9(15)8-11(10)16)12-5-6-13(21-12)18(19)20/h3-6,8,14,17H,2,7H2,1H3. The van der Waals surface area contributed by atoms with Crippen LogP contribution < -0.4 is 5.32 Å². The minimum Gasteiger partial charge on any atom is -0.404 e. The van der Waals surface area contributed by atoms with Crippen LogP contribution in [0.25, 0.3) is 0 Å². The summed E-state index contributed by atoms with van der Waals surface area (Å²) >= 11 is 12.1. The Kier molecular flexibility index (Phi) is 5.22. The fraction of sp³-hybridized carbons (Fsp3) is 0.286. The van der Waals surface area contributed by atoms with Crippen molar-refractivity contribution in [1.29, 1.82) is 0 Å². The number of nitrogens with one attached hydrogen (secondary N) is 1. The second-order valence-electron chi connectivity index (χ2n) is 4.49. The number of furan rings is 1. The van der Waals surface area contributed by atoms with Crippen LogP contribution in [-0.2, 0) is 0 Å². The van der Waals surface area contributed by atoms with E-state index in [4.69, 9.17) is 27.6 Å². The molecule has 0 saturated heterocycles. The number of hydrogen-bond donors (Lipinski definition) is 1. The number of rotatable bonds is 6. The molecule has 2 aromatic rings. The fourth-order valence-electron chi connectivity index (χ4n) is 1.98. The number of nitro groups is 1. The van der Waals surface area contributed by atoms with Crippen LogP contribution in [0.4, 0.5) is 5.88 Å². The zero-order valence-electron chi connectivity index (χ0n) is 11.3. The zero-order valence-corrected chi connectivity index (χ0v) is 12.8. The van der Waals surface area contributed by atoms with E-state index in [1.54, 1.807) is 24.3 Å². The first-order valence-electron chi connectivity index (χ1n) is 6.45. The van der Waals surface area contributed by atoms with Crippen LogP contribution in [-0.4, -0.2) is 11.5 Å². The molecule has 1 aromatic heterocycles. The van der Waals surface area contributed by atoms with Gasteiger partial charge in [0.25, 0.3) is 0 Å². The molecule has 7 heteroatoms. The molecule has 1 heterocycles. The molecule has 0 aliphatic heterocycles. The van der Waals surface area contributed by atoms with Crippen molar-refractivity contribution in [3.05, 3.63) is 61.8 Å². The summed E-state index contributed by atoms with van der Waals surface area (Å²) in [6.45, 7) is 2.75. The lowest BCUT2D eigenvalue weighted by molar-refractivity contribution is -0.402. The molecule has 0 spiro atoms. The Hall–Kier alpha value is -1.56. The molecule has 5 nitrogen and oxygen atoms in total. The molecule has 0 amide bonds. The van der Waals surface area contributed by atoms with Crippen LogP contribution in [0.2, 0.25) is 10.0 Å². The Morgan fingerprint density at radius 1 is 1.33 bits per heavy atom. The van der Waals surface area contributed by atoms with E-state index >= 15 is 0 Å². The van der Waals surface area contributed by atoms with E-state index in [2.05, 4.69) is 5.32 Å². The molecule has 0 radical (unpaired) electrons. The minimum absolute atomic E-state index is 0.293. The minimum atomic E-state index is -0.566. The van der Waals surface area contributed by atoms with Crippen LogP contribution in [0, 0.1) is 10.1 Å². The number of nitrogens with zero attached hydrogens (tertiary/aromatic N) is 1. The maximum Gasteiger partial charge on any atom is 0.433 e. The van der Waals surface area contributed by atoms with Gasteiger partial charge in [-0.05, 0) is 36.7 Å². The third-order valence-corrected chi connectivity index (χ3v) is 3.51. The Bertz CT molecular complexity index is 643. The molecule has 0 aliphatic rings. The Labute approximate surface area is 132 Å². The van der Waals surface area contributed by atoms with Gasteiger partial charge in [0.1, 0.15) is 10.7 Å². The fourth-order valence-corrected chi connectivity index (χ4v) is 2.50. The van der Waals surface area contributed by atoms with Gasteiger partial charge in [-0.15, -0.1) is 0 Å². The van der Waals surface area contributed by atoms with Gasteiger partial charge in [-0.1, -0.05) is 36.2 Å². The van der Waals surface area contributed by atoms with Gasteiger partial charge in [0.2, 0.25) is 0 Å². The van der Waals surface area contributed by atoms with Crippen LogP contribution in [0.5, 0.6) is 0 Å². The zero-order chi connectivity index (χ0) is 15.4. The van der Waals surface area contributed by atoms with Gasteiger partial charge >= 0.3 is 5.88 Å². The average molecular weight is 329 g/mol. The largest absolute Gasteiger partial charge is 0.433 e. The highest BCUT2D eigenvalue weighted by Crippen LogP contribution is 2.32. The molecular formula is C14H14Cl2N2O3. The van der Waals surface area contributed by atoms with Gasteiger partial charge < -0.3 is 9.73 Å². The molecule has 1 atom stereocenters. The highest BCUT2D eigenvalue weighted by Gasteiger charge is 2.22. The third kappa shape index (κ3) is 3.75. The monoisotopic (exact) mass is 328 g/mol. The lowest BCUT2D eigenvalue weighted by Crippen LogP contribution is -2.23. The van der Waals surface area contributed by atoms with E-state index < -0.39 is 4.92 Å². The van der Waals surface area contributed by atoms with Crippen molar-refractivity contribution in [3.63, 3.8) is 0 Å². The van der Waals surface area contributed by atoms with Crippen molar-refractivity contribution >= 4 is 29.1 Å². The van der Waals surface area contributed by atoms with Gasteiger partial charge in [-0.25, -0.2) is 0 Å². The maximum atomic E-state index is 10.7. The van der Waals surface area contributed by atoms with Crippen molar-refractivity contribution < 1.29 is 9.34 Å². The number of benzene rings is 1. The molecule has 0 fully saturated rings. The van der Waals surface area contributed by atoms with Crippen LogP contribution in [0.1, 0.15) is 30.7 Å². The first-order valence-corrected chi connectivity index (χ1v) is 7.21. The van der Waals surface area contributed by atoms with Gasteiger partial charge in [0.15, 0.2) is 0 Å². The topological polar surface area (TPSA) is 68.3 Å². The number of halogens is 2. The second kappa shape index (κ2) is 6.93. The smallest absolute Gasteiger partial charge is 0.404 e. The predicted molar refractivity (Wildman–Crippen MR) is 82.0 cm³/mol. The van der Waals surface area contributed by atoms with Crippen molar-refractivity contribution in [2.75, 3.05) is 6.54 Å². The summed E-state index contributed by atoms with van der Waals surface area (Å²) in [6.07, 6.45) is 0.907. The highest BCUT2D eigenvalue weighted by atomic mass is 35.5. The van der Waals surface area contributed by atoms with Crippen LogP contribution >= 0.6 is 23.2 Å². The molecule has 1 unspecified atom stereocenters. The number of hydrogen-bond acceptors (Lipinski definition) is 4. The van der Waals surface area contributed by atoms with Gasteiger partial charge in [0, 0.05) is 10.0 Å². The molecule has 0 aliphatic carbocycles. The molecule has 0 saturated carbocycles. The summed E-state index contributed by atoms with van der Waals surface area (Å²) in [5, 5.41) is 15.0. The molecular weight excluding hydrogens is 315 g/mol. The summed E-state index contributed by atoms with van der Waals surface area (Å²) < 4.78 is 5.29. The predicted octanol–water partition coefficient (Wildman–Crippen LogP) is 4.58. The first kappa shape index (κ1) is 15.8. The Morgan fingerprint density at radius 2 is 2.10 bits per heavy atom. The maximum absolute atomic E-state index is 10.7. The average Bonchev–Trinajstić information content (AvgIpc) is 2.91. The van der Waals surface area contributed by atoms with E-state index in [9.17, 15) is 10.1 Å². The van der Waals surface area contributed by atoms with E-state index in [-0.39, 0.29) is 11.9 Å².